The lowest BCUT2D eigenvalue weighted by Gasteiger charge is -2.17. The van der Waals surface area contributed by atoms with Crippen molar-refractivity contribution in [3.05, 3.63) is 42.6 Å². The molecule has 0 aromatic heterocycles. The number of rotatable bonds is 2. The number of carbonyl (C=O) groups is 1. The first-order valence-electron chi connectivity index (χ1n) is 5.05. The molecule has 2 rings (SSSR count). The first-order valence-corrected chi connectivity index (χ1v) is 5.46. The Morgan fingerprint density at radius 3 is 2.62 bits per heavy atom. The third-order valence-corrected chi connectivity index (χ3v) is 2.78. The van der Waals surface area contributed by atoms with Crippen LogP contribution in [0.5, 0.6) is 0 Å². The fourth-order valence-electron chi connectivity index (χ4n) is 1.62. The van der Waals surface area contributed by atoms with Crippen molar-refractivity contribution in [3.63, 3.8) is 0 Å². The van der Waals surface area contributed by atoms with Crippen LogP contribution in [-0.2, 0) is 4.79 Å². The Morgan fingerprint density at radius 2 is 2.00 bits per heavy atom. The standard InChI is InChI=1S/C12H12N2OS/c1-2-8-13-11(15)9-14(12(13)16)10-6-4-3-5-7-10/h2-8H,9H2,1H3. The molecule has 1 fully saturated rings. The second-order valence-corrected chi connectivity index (χ2v) is 3.82. The number of thiocarbonyl (C=S) groups is 1. The van der Waals surface area contributed by atoms with Gasteiger partial charge in [-0.3, -0.25) is 9.69 Å². The highest BCUT2D eigenvalue weighted by Crippen LogP contribution is 2.20. The van der Waals surface area contributed by atoms with Crippen LogP contribution in [0.15, 0.2) is 42.6 Å². The lowest BCUT2D eigenvalue weighted by molar-refractivity contribution is -0.122. The SMILES string of the molecule is CC=CN1C(=O)CN(c2ccccc2)C1=S. The van der Waals surface area contributed by atoms with Crippen molar-refractivity contribution in [3.8, 4) is 0 Å². The van der Waals surface area contributed by atoms with Crippen LogP contribution in [0.3, 0.4) is 0 Å². The van der Waals surface area contributed by atoms with E-state index in [2.05, 4.69) is 0 Å². The van der Waals surface area contributed by atoms with Crippen LogP contribution in [-0.4, -0.2) is 22.5 Å². The summed E-state index contributed by atoms with van der Waals surface area (Å²) in [7, 11) is 0. The van der Waals surface area contributed by atoms with E-state index in [4.69, 9.17) is 12.2 Å². The minimum Gasteiger partial charge on any atom is -0.309 e. The van der Waals surface area contributed by atoms with E-state index in [1.165, 1.54) is 4.90 Å². The van der Waals surface area contributed by atoms with Crippen molar-refractivity contribution in [2.45, 2.75) is 6.92 Å². The van der Waals surface area contributed by atoms with E-state index in [0.717, 1.165) is 5.69 Å². The molecule has 1 saturated heterocycles. The summed E-state index contributed by atoms with van der Waals surface area (Å²) in [6.07, 6.45) is 3.51. The highest BCUT2D eigenvalue weighted by Gasteiger charge is 2.31. The molecule has 1 aliphatic heterocycles. The number of hydrogen-bond acceptors (Lipinski definition) is 2. The van der Waals surface area contributed by atoms with Gasteiger partial charge in [0.05, 0.1) is 0 Å². The quantitative estimate of drug-likeness (QED) is 0.730. The molecule has 1 amide bonds. The number of para-hydroxylation sites is 1. The van der Waals surface area contributed by atoms with Crippen LogP contribution < -0.4 is 4.90 Å². The average molecular weight is 232 g/mol. The number of amides is 1. The zero-order valence-corrected chi connectivity index (χ0v) is 9.78. The maximum Gasteiger partial charge on any atom is 0.252 e. The number of hydrogen-bond donors (Lipinski definition) is 0. The zero-order valence-electron chi connectivity index (χ0n) is 8.96. The van der Waals surface area contributed by atoms with E-state index in [1.807, 2.05) is 42.2 Å². The van der Waals surface area contributed by atoms with Gasteiger partial charge in [-0.05, 0) is 31.3 Å². The fourth-order valence-corrected chi connectivity index (χ4v) is 1.95. The van der Waals surface area contributed by atoms with Crippen LogP contribution in [0.1, 0.15) is 6.92 Å². The van der Waals surface area contributed by atoms with Crippen LogP contribution in [0, 0.1) is 0 Å². The zero-order chi connectivity index (χ0) is 11.5. The van der Waals surface area contributed by atoms with Gasteiger partial charge < -0.3 is 4.90 Å². The maximum absolute atomic E-state index is 11.7. The van der Waals surface area contributed by atoms with E-state index in [-0.39, 0.29) is 5.91 Å². The number of benzene rings is 1. The third-order valence-electron chi connectivity index (χ3n) is 2.37. The highest BCUT2D eigenvalue weighted by molar-refractivity contribution is 7.80. The molecule has 0 spiro atoms. The minimum absolute atomic E-state index is 0.00644. The van der Waals surface area contributed by atoms with E-state index < -0.39 is 0 Å². The van der Waals surface area contributed by atoms with Gasteiger partial charge in [0.1, 0.15) is 6.54 Å². The lowest BCUT2D eigenvalue weighted by atomic mass is 10.3. The number of carbonyl (C=O) groups excluding carboxylic acids is 1. The average Bonchev–Trinajstić information content (AvgIpc) is 2.59. The summed E-state index contributed by atoms with van der Waals surface area (Å²) >= 11 is 5.27. The first kappa shape index (κ1) is 10.8. The van der Waals surface area contributed by atoms with E-state index in [0.29, 0.717) is 11.7 Å². The van der Waals surface area contributed by atoms with Crippen LogP contribution in [0.2, 0.25) is 0 Å². The van der Waals surface area contributed by atoms with Gasteiger partial charge in [-0.1, -0.05) is 24.3 Å². The Labute approximate surface area is 100.0 Å². The van der Waals surface area contributed by atoms with Crippen molar-refractivity contribution < 1.29 is 4.79 Å². The van der Waals surface area contributed by atoms with Gasteiger partial charge in [-0.25, -0.2) is 0 Å². The molecule has 0 bridgehead atoms. The van der Waals surface area contributed by atoms with Gasteiger partial charge in [0, 0.05) is 11.9 Å². The summed E-state index contributed by atoms with van der Waals surface area (Å²) in [6, 6.07) is 9.69. The van der Waals surface area contributed by atoms with Crippen molar-refractivity contribution >= 4 is 28.9 Å². The molecule has 0 atom stereocenters. The summed E-state index contributed by atoms with van der Waals surface area (Å²) in [6.45, 7) is 2.17. The van der Waals surface area contributed by atoms with Crippen LogP contribution in [0.25, 0.3) is 0 Å². The predicted octanol–water partition coefficient (Wildman–Crippen LogP) is 2.15. The first-order chi connectivity index (χ1) is 7.74. The predicted molar refractivity (Wildman–Crippen MR) is 68.0 cm³/mol. The monoisotopic (exact) mass is 232 g/mol. The molecule has 4 heteroatoms. The van der Waals surface area contributed by atoms with Gasteiger partial charge >= 0.3 is 0 Å². The Balaban J connectivity index is 2.28. The molecule has 1 aromatic rings. The van der Waals surface area contributed by atoms with Gasteiger partial charge in [0.2, 0.25) is 0 Å². The van der Waals surface area contributed by atoms with Crippen LogP contribution in [0.4, 0.5) is 5.69 Å². The normalized spacial score (nSPS) is 16.6. The number of allylic oxidation sites excluding steroid dienone is 1. The molecule has 0 unspecified atom stereocenters. The number of anilines is 1. The van der Waals surface area contributed by atoms with E-state index in [1.54, 1.807) is 12.3 Å². The molecule has 82 valence electrons. The molecule has 1 aromatic carbocycles. The Bertz CT molecular complexity index is 442. The fraction of sp³-hybridized carbons (Fsp3) is 0.167. The summed E-state index contributed by atoms with van der Waals surface area (Å²) < 4.78 is 0. The van der Waals surface area contributed by atoms with Gasteiger partial charge in [0.25, 0.3) is 5.91 Å². The summed E-state index contributed by atoms with van der Waals surface area (Å²) in [5.41, 5.74) is 0.952. The lowest BCUT2D eigenvalue weighted by Crippen LogP contribution is -2.28. The smallest absolute Gasteiger partial charge is 0.252 e. The molecule has 1 aliphatic rings. The largest absolute Gasteiger partial charge is 0.309 e. The van der Waals surface area contributed by atoms with Gasteiger partial charge in [0.15, 0.2) is 5.11 Å². The molecule has 16 heavy (non-hydrogen) atoms. The molecule has 0 saturated carbocycles. The molecular weight excluding hydrogens is 220 g/mol. The molecule has 0 aliphatic carbocycles. The minimum atomic E-state index is 0.00644. The Hall–Kier alpha value is -1.68. The van der Waals surface area contributed by atoms with Crippen molar-refractivity contribution in [2.24, 2.45) is 0 Å². The van der Waals surface area contributed by atoms with Gasteiger partial charge in [-0.15, -0.1) is 0 Å². The highest BCUT2D eigenvalue weighted by atomic mass is 32.1. The molecule has 3 nitrogen and oxygen atoms in total. The molecule has 0 N–H and O–H groups in total. The van der Waals surface area contributed by atoms with E-state index in [9.17, 15) is 4.79 Å². The molecule has 1 heterocycles. The number of nitrogens with zero attached hydrogens (tertiary/aromatic N) is 2. The molecular formula is C12H12N2OS. The third kappa shape index (κ3) is 1.84. The summed E-state index contributed by atoms with van der Waals surface area (Å²) in [5.74, 6) is 0.00644. The van der Waals surface area contributed by atoms with Crippen LogP contribution >= 0.6 is 12.2 Å². The molecule has 0 radical (unpaired) electrons. The summed E-state index contributed by atoms with van der Waals surface area (Å²) in [4.78, 5) is 15.0. The van der Waals surface area contributed by atoms with Crippen molar-refractivity contribution in [1.29, 1.82) is 0 Å². The second-order valence-electron chi connectivity index (χ2n) is 3.45. The van der Waals surface area contributed by atoms with Crippen molar-refractivity contribution in [2.75, 3.05) is 11.4 Å². The Kier molecular flexibility index (Phi) is 3.01. The summed E-state index contributed by atoms with van der Waals surface area (Å²) in [5, 5.41) is 0.536. The van der Waals surface area contributed by atoms with E-state index >= 15 is 0 Å². The maximum atomic E-state index is 11.7. The van der Waals surface area contributed by atoms with Gasteiger partial charge in [-0.2, -0.15) is 0 Å². The topological polar surface area (TPSA) is 23.6 Å². The second kappa shape index (κ2) is 4.45. The van der Waals surface area contributed by atoms with Crippen molar-refractivity contribution in [1.82, 2.24) is 4.90 Å². The Morgan fingerprint density at radius 1 is 1.31 bits per heavy atom.